The molecule has 0 fully saturated rings. The summed E-state index contributed by atoms with van der Waals surface area (Å²) in [6, 6.07) is 13.3. The van der Waals surface area contributed by atoms with Gasteiger partial charge in [-0.05, 0) is 63.6 Å². The van der Waals surface area contributed by atoms with E-state index in [9.17, 15) is 4.79 Å². The number of amides is 1. The molecule has 158 valence electrons. The van der Waals surface area contributed by atoms with Gasteiger partial charge < -0.3 is 14.6 Å². The van der Waals surface area contributed by atoms with Crippen LogP contribution < -0.4 is 10.1 Å². The van der Waals surface area contributed by atoms with Crippen LogP contribution in [0, 0.1) is 13.8 Å². The predicted octanol–water partition coefficient (Wildman–Crippen LogP) is 5.44. The highest BCUT2D eigenvalue weighted by Gasteiger charge is 2.19. The molecule has 0 saturated carbocycles. The van der Waals surface area contributed by atoms with Crippen LogP contribution in [0.1, 0.15) is 36.9 Å². The Morgan fingerprint density at radius 2 is 1.93 bits per heavy atom. The lowest BCUT2D eigenvalue weighted by atomic mass is 10.2. The molecule has 1 heterocycles. The van der Waals surface area contributed by atoms with Crippen molar-refractivity contribution in [1.82, 2.24) is 14.8 Å². The van der Waals surface area contributed by atoms with Crippen molar-refractivity contribution >= 4 is 35.0 Å². The minimum Gasteiger partial charge on any atom is -0.483 e. The molecule has 3 aromatic rings. The molecule has 1 aromatic heterocycles. The average molecular weight is 445 g/mol. The second-order valence-electron chi connectivity index (χ2n) is 6.96. The molecule has 1 atom stereocenters. The number of aryl methyl sites for hydroxylation is 2. The van der Waals surface area contributed by atoms with E-state index in [-0.39, 0.29) is 17.8 Å². The van der Waals surface area contributed by atoms with Gasteiger partial charge in [-0.3, -0.25) is 4.79 Å². The van der Waals surface area contributed by atoms with Crippen molar-refractivity contribution in [2.45, 2.75) is 45.5 Å². The van der Waals surface area contributed by atoms with Gasteiger partial charge in [0, 0.05) is 17.3 Å². The van der Waals surface area contributed by atoms with Gasteiger partial charge in [0.1, 0.15) is 5.75 Å². The molecule has 0 spiro atoms. The molecule has 1 N–H and O–H groups in total. The van der Waals surface area contributed by atoms with E-state index in [4.69, 9.17) is 16.3 Å². The van der Waals surface area contributed by atoms with Crippen molar-refractivity contribution < 1.29 is 9.53 Å². The first-order valence-electron chi connectivity index (χ1n) is 9.72. The van der Waals surface area contributed by atoms with Gasteiger partial charge in [0.2, 0.25) is 5.91 Å². The first kappa shape index (κ1) is 22.2. The van der Waals surface area contributed by atoms with Crippen LogP contribution in [0.15, 0.2) is 47.6 Å². The van der Waals surface area contributed by atoms with E-state index >= 15 is 0 Å². The number of hydrogen-bond donors (Lipinski definition) is 1. The molecule has 3 rings (SSSR count). The average Bonchev–Trinajstić information content (AvgIpc) is 3.14. The number of benzene rings is 2. The largest absolute Gasteiger partial charge is 0.483 e. The van der Waals surface area contributed by atoms with Gasteiger partial charge in [0.05, 0.1) is 5.75 Å². The smallest absolute Gasteiger partial charge is 0.234 e. The van der Waals surface area contributed by atoms with Gasteiger partial charge in [-0.1, -0.05) is 41.1 Å². The summed E-state index contributed by atoms with van der Waals surface area (Å²) >= 11 is 7.44. The minimum atomic E-state index is -0.297. The summed E-state index contributed by atoms with van der Waals surface area (Å²) in [6.45, 7) is 8.57. The molecule has 0 saturated heterocycles. The normalized spacial score (nSPS) is 11.9. The fourth-order valence-electron chi connectivity index (χ4n) is 2.92. The van der Waals surface area contributed by atoms with Crippen LogP contribution in [-0.4, -0.2) is 26.4 Å². The molecule has 0 bridgehead atoms. The number of carbonyl (C=O) groups excluding carboxylic acids is 1. The van der Waals surface area contributed by atoms with Crippen molar-refractivity contribution in [3.05, 3.63) is 64.4 Å². The Kier molecular flexibility index (Phi) is 7.39. The van der Waals surface area contributed by atoms with E-state index in [0.29, 0.717) is 22.5 Å². The lowest BCUT2D eigenvalue weighted by Gasteiger charge is -2.16. The number of nitrogens with one attached hydrogen (secondary N) is 1. The molecule has 6 nitrogen and oxygen atoms in total. The van der Waals surface area contributed by atoms with Crippen LogP contribution in [-0.2, 0) is 11.3 Å². The number of carbonyl (C=O) groups is 1. The Hall–Kier alpha value is -2.51. The summed E-state index contributed by atoms with van der Waals surface area (Å²) < 4.78 is 8.01. The summed E-state index contributed by atoms with van der Waals surface area (Å²) in [5, 5.41) is 12.9. The maximum Gasteiger partial charge on any atom is 0.234 e. The van der Waals surface area contributed by atoms with Crippen LogP contribution in [0.5, 0.6) is 5.75 Å². The van der Waals surface area contributed by atoms with Gasteiger partial charge in [-0.15, -0.1) is 10.2 Å². The number of nitrogens with zero attached hydrogens (tertiary/aromatic N) is 3. The van der Waals surface area contributed by atoms with E-state index in [1.54, 1.807) is 0 Å². The van der Waals surface area contributed by atoms with E-state index in [1.807, 2.05) is 74.7 Å². The summed E-state index contributed by atoms with van der Waals surface area (Å²) in [7, 11) is 0. The standard InChI is InChI=1S/C22H25ClN4O2S/c1-5-27-21(16(4)29-18-10-11-19(23)15(3)12-18)25-26-22(27)30-13-20(28)24-17-8-6-14(2)7-9-17/h6-12,16H,5,13H2,1-4H3,(H,24,28). The van der Waals surface area contributed by atoms with Crippen LogP contribution in [0.3, 0.4) is 0 Å². The zero-order chi connectivity index (χ0) is 21.7. The van der Waals surface area contributed by atoms with E-state index in [0.717, 1.165) is 22.6 Å². The molecule has 8 heteroatoms. The third-order valence-corrected chi connectivity index (χ3v) is 5.93. The Bertz CT molecular complexity index is 1020. The quantitative estimate of drug-likeness (QED) is 0.468. The number of halogens is 1. The van der Waals surface area contributed by atoms with Gasteiger partial charge in [-0.2, -0.15) is 0 Å². The number of hydrogen-bond acceptors (Lipinski definition) is 5. The molecule has 0 radical (unpaired) electrons. The Morgan fingerprint density at radius 3 is 2.60 bits per heavy atom. The summed E-state index contributed by atoms with van der Waals surface area (Å²) in [4.78, 5) is 12.3. The van der Waals surface area contributed by atoms with E-state index in [1.165, 1.54) is 11.8 Å². The van der Waals surface area contributed by atoms with E-state index in [2.05, 4.69) is 15.5 Å². The van der Waals surface area contributed by atoms with Gasteiger partial charge in [0.25, 0.3) is 0 Å². The maximum atomic E-state index is 12.3. The van der Waals surface area contributed by atoms with Crippen LogP contribution >= 0.6 is 23.4 Å². The zero-order valence-corrected chi connectivity index (χ0v) is 19.0. The third kappa shape index (κ3) is 5.55. The lowest BCUT2D eigenvalue weighted by Crippen LogP contribution is -2.15. The van der Waals surface area contributed by atoms with Gasteiger partial charge in [0.15, 0.2) is 17.1 Å². The Morgan fingerprint density at radius 1 is 1.20 bits per heavy atom. The molecule has 30 heavy (non-hydrogen) atoms. The summed E-state index contributed by atoms with van der Waals surface area (Å²) in [5.41, 5.74) is 2.88. The van der Waals surface area contributed by atoms with Gasteiger partial charge >= 0.3 is 0 Å². The molecular weight excluding hydrogens is 420 g/mol. The predicted molar refractivity (Wildman–Crippen MR) is 121 cm³/mol. The highest BCUT2D eigenvalue weighted by Crippen LogP contribution is 2.27. The van der Waals surface area contributed by atoms with Crippen LogP contribution in [0.2, 0.25) is 5.02 Å². The molecule has 2 aromatic carbocycles. The van der Waals surface area contributed by atoms with Crippen molar-refractivity contribution in [2.24, 2.45) is 0 Å². The first-order valence-corrected chi connectivity index (χ1v) is 11.1. The topological polar surface area (TPSA) is 69.0 Å². The van der Waals surface area contributed by atoms with Crippen LogP contribution in [0.4, 0.5) is 5.69 Å². The number of rotatable bonds is 8. The van der Waals surface area contributed by atoms with Crippen molar-refractivity contribution in [1.29, 1.82) is 0 Å². The number of thioether (sulfide) groups is 1. The number of anilines is 1. The summed E-state index contributed by atoms with van der Waals surface area (Å²) in [5.74, 6) is 1.60. The van der Waals surface area contributed by atoms with Gasteiger partial charge in [-0.25, -0.2) is 0 Å². The molecule has 0 aliphatic rings. The van der Waals surface area contributed by atoms with E-state index < -0.39 is 0 Å². The second-order valence-corrected chi connectivity index (χ2v) is 8.31. The zero-order valence-electron chi connectivity index (χ0n) is 17.5. The minimum absolute atomic E-state index is 0.0861. The molecular formula is C22H25ClN4O2S. The number of aromatic nitrogens is 3. The van der Waals surface area contributed by atoms with Crippen molar-refractivity contribution in [2.75, 3.05) is 11.1 Å². The second kappa shape index (κ2) is 10.00. The molecule has 0 aliphatic carbocycles. The molecule has 1 amide bonds. The third-order valence-electron chi connectivity index (χ3n) is 4.54. The Labute approximate surface area is 186 Å². The van der Waals surface area contributed by atoms with Crippen molar-refractivity contribution in [3.8, 4) is 5.75 Å². The molecule has 1 unspecified atom stereocenters. The molecule has 0 aliphatic heterocycles. The maximum absolute atomic E-state index is 12.3. The summed E-state index contributed by atoms with van der Waals surface area (Å²) in [6.07, 6.45) is -0.297. The monoisotopic (exact) mass is 444 g/mol. The first-order chi connectivity index (χ1) is 14.4. The van der Waals surface area contributed by atoms with Crippen molar-refractivity contribution in [3.63, 3.8) is 0 Å². The Balaban J connectivity index is 1.63. The fraction of sp³-hybridized carbons (Fsp3) is 0.318. The highest BCUT2D eigenvalue weighted by molar-refractivity contribution is 7.99. The highest BCUT2D eigenvalue weighted by atomic mass is 35.5. The fourth-order valence-corrected chi connectivity index (χ4v) is 3.84. The van der Waals surface area contributed by atoms with Crippen LogP contribution in [0.25, 0.3) is 0 Å². The number of ether oxygens (including phenoxy) is 1. The SMILES string of the molecule is CCn1c(SCC(=O)Nc2ccc(C)cc2)nnc1C(C)Oc1ccc(Cl)c(C)c1. The lowest BCUT2D eigenvalue weighted by molar-refractivity contribution is -0.113.